The van der Waals surface area contributed by atoms with Gasteiger partial charge >= 0.3 is 0 Å². The molecular formula is C36H25N7. The van der Waals surface area contributed by atoms with E-state index in [0.29, 0.717) is 17.5 Å². The van der Waals surface area contributed by atoms with Gasteiger partial charge in [-0.2, -0.15) is 0 Å². The predicted octanol–water partition coefficient (Wildman–Crippen LogP) is 7.76. The van der Waals surface area contributed by atoms with Crippen LogP contribution in [0.1, 0.15) is 5.56 Å². The standard InChI is InChI=1S/C36H25N7/c1-24-11-13-25(14-12-24)26-5-2-8-29(15-26)34-41-35(30-9-3-6-27(16-30)32-18-37-22-38-19-32)43-36(42-34)31-10-4-7-28(17-31)33-20-39-23-40-21-33/h2-23H,1H3. The van der Waals surface area contributed by atoms with E-state index in [1.807, 2.05) is 48.5 Å². The van der Waals surface area contributed by atoms with Crippen molar-refractivity contribution in [2.75, 3.05) is 0 Å². The molecule has 0 radical (unpaired) electrons. The van der Waals surface area contributed by atoms with Gasteiger partial charge in [-0.15, -0.1) is 0 Å². The van der Waals surface area contributed by atoms with E-state index in [2.05, 4.69) is 75.4 Å². The number of aromatic nitrogens is 7. The first-order valence-corrected chi connectivity index (χ1v) is 13.8. The Morgan fingerprint density at radius 3 is 1.09 bits per heavy atom. The SMILES string of the molecule is Cc1ccc(-c2cccc(-c3nc(-c4cccc(-c5cncnc5)c4)nc(-c4cccc(-c5cncnc5)c4)n3)c2)cc1. The van der Waals surface area contributed by atoms with E-state index in [4.69, 9.17) is 15.0 Å². The molecule has 0 saturated carbocycles. The van der Waals surface area contributed by atoms with Crippen molar-refractivity contribution in [1.82, 2.24) is 34.9 Å². The number of hydrogen-bond acceptors (Lipinski definition) is 7. The molecule has 7 nitrogen and oxygen atoms in total. The van der Waals surface area contributed by atoms with Gasteiger partial charge < -0.3 is 0 Å². The fourth-order valence-corrected chi connectivity index (χ4v) is 4.92. The number of hydrogen-bond donors (Lipinski definition) is 0. The van der Waals surface area contributed by atoms with Crippen molar-refractivity contribution < 1.29 is 0 Å². The van der Waals surface area contributed by atoms with Crippen molar-refractivity contribution >= 4 is 0 Å². The van der Waals surface area contributed by atoms with E-state index in [9.17, 15) is 0 Å². The summed E-state index contributed by atoms with van der Waals surface area (Å²) in [7, 11) is 0. The molecule has 43 heavy (non-hydrogen) atoms. The van der Waals surface area contributed by atoms with Crippen LogP contribution in [-0.2, 0) is 0 Å². The molecule has 0 aliphatic rings. The molecule has 0 aliphatic carbocycles. The molecular weight excluding hydrogens is 530 g/mol. The Balaban J connectivity index is 1.37. The number of aryl methyl sites for hydroxylation is 1. The Morgan fingerprint density at radius 2 is 0.698 bits per heavy atom. The van der Waals surface area contributed by atoms with E-state index in [1.54, 1.807) is 24.8 Å². The van der Waals surface area contributed by atoms with Crippen LogP contribution in [-0.4, -0.2) is 34.9 Å². The van der Waals surface area contributed by atoms with Crippen molar-refractivity contribution in [3.8, 4) is 67.5 Å². The minimum Gasteiger partial charge on any atom is -0.244 e. The van der Waals surface area contributed by atoms with Gasteiger partial charge in [0.15, 0.2) is 17.5 Å². The van der Waals surface area contributed by atoms with Gasteiger partial charge in [-0.3, -0.25) is 0 Å². The molecule has 7 aromatic rings. The maximum absolute atomic E-state index is 4.99. The average Bonchev–Trinajstić information content (AvgIpc) is 3.09. The second-order valence-corrected chi connectivity index (χ2v) is 10.2. The lowest BCUT2D eigenvalue weighted by Crippen LogP contribution is -2.00. The van der Waals surface area contributed by atoms with Crippen LogP contribution in [0.2, 0.25) is 0 Å². The Bertz CT molecular complexity index is 1930. The highest BCUT2D eigenvalue weighted by Crippen LogP contribution is 2.31. The molecule has 0 fully saturated rings. The van der Waals surface area contributed by atoms with Crippen molar-refractivity contribution in [3.63, 3.8) is 0 Å². The predicted molar refractivity (Wildman–Crippen MR) is 168 cm³/mol. The van der Waals surface area contributed by atoms with Gasteiger partial charge in [0.25, 0.3) is 0 Å². The molecule has 7 rings (SSSR count). The molecule has 4 aromatic carbocycles. The van der Waals surface area contributed by atoms with Crippen LogP contribution in [0, 0.1) is 6.92 Å². The maximum atomic E-state index is 4.99. The van der Waals surface area contributed by atoms with Gasteiger partial charge in [-0.25, -0.2) is 34.9 Å². The molecule has 0 aliphatic heterocycles. The molecule has 0 bridgehead atoms. The minimum atomic E-state index is 0.577. The Morgan fingerprint density at radius 1 is 0.349 bits per heavy atom. The molecule has 0 saturated heterocycles. The first kappa shape index (κ1) is 26.0. The average molecular weight is 556 g/mol. The summed E-state index contributed by atoms with van der Waals surface area (Å²) in [5.41, 5.74) is 9.90. The molecule has 204 valence electrons. The molecule has 0 unspecified atom stereocenters. The lowest BCUT2D eigenvalue weighted by Gasteiger charge is -2.11. The normalized spacial score (nSPS) is 10.9. The zero-order valence-corrected chi connectivity index (χ0v) is 23.3. The number of nitrogens with zero attached hydrogens (tertiary/aromatic N) is 7. The van der Waals surface area contributed by atoms with E-state index >= 15 is 0 Å². The van der Waals surface area contributed by atoms with Crippen LogP contribution in [0.25, 0.3) is 67.5 Å². The summed E-state index contributed by atoms with van der Waals surface area (Å²) >= 11 is 0. The van der Waals surface area contributed by atoms with Crippen LogP contribution in [0.4, 0.5) is 0 Å². The third-order valence-corrected chi connectivity index (χ3v) is 7.17. The Kier molecular flexibility index (Phi) is 6.95. The fourth-order valence-electron chi connectivity index (χ4n) is 4.92. The van der Waals surface area contributed by atoms with Crippen molar-refractivity contribution in [2.45, 2.75) is 6.92 Å². The van der Waals surface area contributed by atoms with E-state index in [0.717, 1.165) is 50.1 Å². The lowest BCUT2D eigenvalue weighted by atomic mass is 10.0. The molecule has 0 spiro atoms. The van der Waals surface area contributed by atoms with E-state index < -0.39 is 0 Å². The van der Waals surface area contributed by atoms with Gasteiger partial charge in [0, 0.05) is 52.6 Å². The summed E-state index contributed by atoms with van der Waals surface area (Å²) in [6.45, 7) is 2.09. The lowest BCUT2D eigenvalue weighted by molar-refractivity contribution is 1.07. The monoisotopic (exact) mass is 555 g/mol. The van der Waals surface area contributed by atoms with Crippen LogP contribution < -0.4 is 0 Å². The highest BCUT2D eigenvalue weighted by molar-refractivity contribution is 5.75. The summed E-state index contributed by atoms with van der Waals surface area (Å²) in [6.07, 6.45) is 10.2. The van der Waals surface area contributed by atoms with Crippen molar-refractivity contribution in [2.24, 2.45) is 0 Å². The van der Waals surface area contributed by atoms with Crippen LogP contribution in [0.3, 0.4) is 0 Å². The van der Waals surface area contributed by atoms with Gasteiger partial charge in [0.2, 0.25) is 0 Å². The molecule has 3 aromatic heterocycles. The van der Waals surface area contributed by atoms with Gasteiger partial charge in [0.05, 0.1) is 0 Å². The summed E-state index contributed by atoms with van der Waals surface area (Å²) in [5, 5.41) is 0. The van der Waals surface area contributed by atoms with Crippen molar-refractivity contribution in [3.05, 3.63) is 140 Å². The summed E-state index contributed by atoms with van der Waals surface area (Å²) in [5.74, 6) is 1.75. The molecule has 3 heterocycles. The maximum Gasteiger partial charge on any atom is 0.164 e. The van der Waals surface area contributed by atoms with E-state index in [-0.39, 0.29) is 0 Å². The first-order chi connectivity index (χ1) is 21.2. The van der Waals surface area contributed by atoms with Crippen LogP contribution in [0.15, 0.2) is 135 Å². The minimum absolute atomic E-state index is 0.577. The van der Waals surface area contributed by atoms with Gasteiger partial charge in [-0.05, 0) is 47.4 Å². The Hall–Kier alpha value is -5.95. The van der Waals surface area contributed by atoms with Gasteiger partial charge in [-0.1, -0.05) is 84.4 Å². The molecule has 0 amide bonds. The largest absolute Gasteiger partial charge is 0.244 e. The second kappa shape index (κ2) is 11.5. The van der Waals surface area contributed by atoms with Crippen molar-refractivity contribution in [1.29, 1.82) is 0 Å². The fraction of sp³-hybridized carbons (Fsp3) is 0.0278. The van der Waals surface area contributed by atoms with Gasteiger partial charge in [0.1, 0.15) is 12.7 Å². The number of rotatable bonds is 6. The quantitative estimate of drug-likeness (QED) is 0.207. The van der Waals surface area contributed by atoms with Crippen LogP contribution in [0.5, 0.6) is 0 Å². The smallest absolute Gasteiger partial charge is 0.164 e. The zero-order chi connectivity index (χ0) is 29.0. The van der Waals surface area contributed by atoms with Crippen LogP contribution >= 0.6 is 0 Å². The second-order valence-electron chi connectivity index (χ2n) is 10.2. The molecule has 0 N–H and O–H groups in total. The molecule has 0 atom stereocenters. The Labute approximate surface area is 249 Å². The summed E-state index contributed by atoms with van der Waals surface area (Å²) < 4.78 is 0. The van der Waals surface area contributed by atoms with E-state index in [1.165, 1.54) is 18.2 Å². The topological polar surface area (TPSA) is 90.2 Å². The molecule has 7 heteroatoms. The third kappa shape index (κ3) is 5.64. The highest BCUT2D eigenvalue weighted by Gasteiger charge is 2.14. The highest BCUT2D eigenvalue weighted by atomic mass is 15.0. The summed E-state index contributed by atoms with van der Waals surface area (Å²) in [6, 6.07) is 33.0. The number of benzene rings is 4. The summed E-state index contributed by atoms with van der Waals surface area (Å²) in [4.78, 5) is 31.7. The third-order valence-electron chi connectivity index (χ3n) is 7.17. The first-order valence-electron chi connectivity index (χ1n) is 13.8. The zero-order valence-electron chi connectivity index (χ0n) is 23.3.